The van der Waals surface area contributed by atoms with Crippen molar-refractivity contribution in [2.45, 2.75) is 39.2 Å². The van der Waals surface area contributed by atoms with E-state index in [1.807, 2.05) is 25.1 Å². The Labute approximate surface area is 109 Å². The van der Waals surface area contributed by atoms with Crippen LogP contribution in [0.25, 0.3) is 0 Å². The predicted molar refractivity (Wildman–Crippen MR) is 71.9 cm³/mol. The van der Waals surface area contributed by atoms with E-state index in [1.165, 1.54) is 0 Å². The molecule has 0 radical (unpaired) electrons. The lowest BCUT2D eigenvalue weighted by atomic mass is 9.97. The fraction of sp³-hybridized carbons (Fsp3) is 0.467. The Morgan fingerprint density at radius 3 is 2.44 bits per heavy atom. The lowest BCUT2D eigenvalue weighted by Gasteiger charge is -2.21. The lowest BCUT2D eigenvalue weighted by molar-refractivity contribution is -0.122. The highest BCUT2D eigenvalue weighted by atomic mass is 16.1. The molecule has 96 valence electrons. The maximum atomic E-state index is 12.1. The van der Waals surface area contributed by atoms with Crippen molar-refractivity contribution in [3.63, 3.8) is 0 Å². The molecule has 0 heterocycles. The molecule has 3 heteroatoms. The van der Waals surface area contributed by atoms with Crippen LogP contribution in [0, 0.1) is 17.2 Å². The van der Waals surface area contributed by atoms with E-state index in [9.17, 15) is 4.79 Å². The van der Waals surface area contributed by atoms with Gasteiger partial charge in [0.15, 0.2) is 0 Å². The minimum atomic E-state index is -0.724. The van der Waals surface area contributed by atoms with Crippen molar-refractivity contribution >= 4 is 5.91 Å². The van der Waals surface area contributed by atoms with E-state index >= 15 is 0 Å². The molecule has 0 fully saturated rings. The van der Waals surface area contributed by atoms with E-state index in [2.05, 4.69) is 25.2 Å². The van der Waals surface area contributed by atoms with Crippen molar-refractivity contribution in [1.29, 1.82) is 5.26 Å². The lowest BCUT2D eigenvalue weighted by Crippen LogP contribution is -2.39. The first-order valence-corrected chi connectivity index (χ1v) is 6.35. The predicted octanol–water partition coefficient (Wildman–Crippen LogP) is 2.84. The highest BCUT2D eigenvalue weighted by molar-refractivity contribution is 5.86. The molecular weight excluding hydrogens is 224 g/mol. The van der Waals surface area contributed by atoms with Gasteiger partial charge in [-0.25, -0.2) is 0 Å². The molecule has 0 saturated carbocycles. The van der Waals surface area contributed by atoms with Crippen molar-refractivity contribution in [3.05, 3.63) is 35.9 Å². The van der Waals surface area contributed by atoms with Crippen molar-refractivity contribution in [1.82, 2.24) is 5.32 Å². The minimum absolute atomic E-state index is 0.0852. The molecule has 0 saturated heterocycles. The summed E-state index contributed by atoms with van der Waals surface area (Å²) in [6.07, 6.45) is 1.00. The molecule has 0 spiro atoms. The zero-order chi connectivity index (χ0) is 13.5. The Morgan fingerprint density at radius 2 is 1.94 bits per heavy atom. The molecule has 1 N–H and O–H groups in total. The number of hydrogen-bond acceptors (Lipinski definition) is 2. The Bertz CT molecular complexity index is 422. The Hall–Kier alpha value is -1.82. The topological polar surface area (TPSA) is 52.9 Å². The third kappa shape index (κ3) is 3.59. The normalized spacial score (nSPS) is 15.2. The van der Waals surface area contributed by atoms with Gasteiger partial charge in [0, 0.05) is 6.04 Å². The second-order valence-electron chi connectivity index (χ2n) is 4.66. The van der Waals surface area contributed by atoms with E-state index in [0.717, 1.165) is 12.0 Å². The van der Waals surface area contributed by atoms with Gasteiger partial charge in [-0.3, -0.25) is 4.79 Å². The van der Waals surface area contributed by atoms with Gasteiger partial charge in [0.25, 0.3) is 0 Å². The van der Waals surface area contributed by atoms with Crippen molar-refractivity contribution < 1.29 is 4.79 Å². The first-order valence-electron chi connectivity index (χ1n) is 6.35. The first kappa shape index (κ1) is 14.2. The van der Waals surface area contributed by atoms with Gasteiger partial charge in [0.1, 0.15) is 5.92 Å². The molecule has 1 amide bonds. The number of carbonyl (C=O) groups excluding carboxylic acids is 1. The Balaban J connectivity index is 2.73. The van der Waals surface area contributed by atoms with Gasteiger partial charge in [0.05, 0.1) is 6.07 Å². The zero-order valence-electron chi connectivity index (χ0n) is 11.2. The molecule has 1 aromatic carbocycles. The molecule has 0 aromatic heterocycles. The van der Waals surface area contributed by atoms with Crippen LogP contribution < -0.4 is 5.32 Å². The molecule has 1 aromatic rings. The summed E-state index contributed by atoms with van der Waals surface area (Å²) in [5.74, 6) is -0.529. The minimum Gasteiger partial charge on any atom is -0.352 e. The monoisotopic (exact) mass is 244 g/mol. The van der Waals surface area contributed by atoms with Crippen LogP contribution in [0.5, 0.6) is 0 Å². The molecular formula is C15H20N2O. The van der Waals surface area contributed by atoms with Gasteiger partial charge >= 0.3 is 0 Å². The van der Waals surface area contributed by atoms with Gasteiger partial charge in [-0.1, -0.05) is 50.6 Å². The van der Waals surface area contributed by atoms with E-state index < -0.39 is 5.92 Å². The number of carbonyl (C=O) groups is 1. The maximum Gasteiger partial charge on any atom is 0.242 e. The average Bonchev–Trinajstić information content (AvgIpc) is 2.39. The summed E-state index contributed by atoms with van der Waals surface area (Å²) in [5, 5.41) is 12.1. The van der Waals surface area contributed by atoms with Crippen LogP contribution in [-0.2, 0) is 4.79 Å². The van der Waals surface area contributed by atoms with Gasteiger partial charge < -0.3 is 5.32 Å². The average molecular weight is 244 g/mol. The molecule has 0 aliphatic rings. The molecule has 0 aliphatic carbocycles. The fourth-order valence-electron chi connectivity index (χ4n) is 1.73. The van der Waals surface area contributed by atoms with Crippen LogP contribution in [0.4, 0.5) is 0 Å². The van der Waals surface area contributed by atoms with Crippen LogP contribution in [0.15, 0.2) is 30.3 Å². The quantitative estimate of drug-likeness (QED) is 0.866. The summed E-state index contributed by atoms with van der Waals surface area (Å²) in [6.45, 7) is 6.16. The number of rotatable bonds is 5. The molecule has 3 nitrogen and oxygen atoms in total. The fourth-order valence-corrected chi connectivity index (χ4v) is 1.73. The number of benzene rings is 1. The molecule has 3 unspecified atom stereocenters. The van der Waals surface area contributed by atoms with E-state index in [1.54, 1.807) is 12.1 Å². The number of amides is 1. The van der Waals surface area contributed by atoms with Crippen LogP contribution in [-0.4, -0.2) is 11.9 Å². The van der Waals surface area contributed by atoms with Crippen LogP contribution in [0.3, 0.4) is 0 Å². The largest absolute Gasteiger partial charge is 0.352 e. The number of nitriles is 1. The molecule has 0 aliphatic heterocycles. The highest BCUT2D eigenvalue weighted by Gasteiger charge is 2.22. The summed E-state index contributed by atoms with van der Waals surface area (Å²) in [5.41, 5.74) is 0.744. The Kier molecular flexibility index (Phi) is 5.38. The third-order valence-corrected chi connectivity index (χ3v) is 3.39. The van der Waals surface area contributed by atoms with Gasteiger partial charge in [0.2, 0.25) is 5.91 Å². The molecule has 3 atom stereocenters. The molecule has 1 rings (SSSR count). The second-order valence-corrected chi connectivity index (χ2v) is 4.66. The van der Waals surface area contributed by atoms with Crippen molar-refractivity contribution in [2.75, 3.05) is 0 Å². The maximum absolute atomic E-state index is 12.1. The van der Waals surface area contributed by atoms with Gasteiger partial charge in [-0.05, 0) is 18.4 Å². The van der Waals surface area contributed by atoms with E-state index in [-0.39, 0.29) is 11.9 Å². The third-order valence-electron chi connectivity index (χ3n) is 3.39. The summed E-state index contributed by atoms with van der Waals surface area (Å²) < 4.78 is 0. The van der Waals surface area contributed by atoms with Crippen LogP contribution in [0.1, 0.15) is 38.7 Å². The van der Waals surface area contributed by atoms with Gasteiger partial charge in [-0.2, -0.15) is 5.26 Å². The van der Waals surface area contributed by atoms with E-state index in [4.69, 9.17) is 5.26 Å². The Morgan fingerprint density at radius 1 is 1.33 bits per heavy atom. The number of nitrogens with zero attached hydrogens (tertiary/aromatic N) is 1. The smallest absolute Gasteiger partial charge is 0.242 e. The SMILES string of the molecule is CCC(C)C(C)NC(=O)C(C#N)c1ccccc1. The van der Waals surface area contributed by atoms with Crippen LogP contribution >= 0.6 is 0 Å². The molecule has 0 bridgehead atoms. The van der Waals surface area contributed by atoms with Gasteiger partial charge in [-0.15, -0.1) is 0 Å². The van der Waals surface area contributed by atoms with Crippen LogP contribution in [0.2, 0.25) is 0 Å². The summed E-state index contributed by atoms with van der Waals surface area (Å²) >= 11 is 0. The zero-order valence-corrected chi connectivity index (χ0v) is 11.2. The second kappa shape index (κ2) is 6.80. The first-order chi connectivity index (χ1) is 8.60. The molecule has 18 heavy (non-hydrogen) atoms. The standard InChI is InChI=1S/C15H20N2O/c1-4-11(2)12(3)17-15(18)14(10-16)13-8-6-5-7-9-13/h5-9,11-12,14H,4H2,1-3H3,(H,17,18). The summed E-state index contributed by atoms with van der Waals surface area (Å²) in [4.78, 5) is 12.1. The summed E-state index contributed by atoms with van der Waals surface area (Å²) in [6, 6.07) is 11.3. The number of nitrogens with one attached hydrogen (secondary N) is 1. The van der Waals surface area contributed by atoms with Crippen molar-refractivity contribution in [3.8, 4) is 6.07 Å². The van der Waals surface area contributed by atoms with Crippen molar-refractivity contribution in [2.24, 2.45) is 5.92 Å². The summed E-state index contributed by atoms with van der Waals surface area (Å²) in [7, 11) is 0. The number of hydrogen-bond donors (Lipinski definition) is 1. The highest BCUT2D eigenvalue weighted by Crippen LogP contribution is 2.16. The van der Waals surface area contributed by atoms with E-state index in [0.29, 0.717) is 5.92 Å².